The van der Waals surface area contributed by atoms with Crippen molar-refractivity contribution in [1.29, 1.82) is 0 Å². The number of hydrogen-bond donors (Lipinski definition) is 6. The second kappa shape index (κ2) is 11.7. The van der Waals surface area contributed by atoms with Gasteiger partial charge in [-0.25, -0.2) is 4.98 Å². The number of primary amides is 1. The van der Waals surface area contributed by atoms with Gasteiger partial charge in [-0.05, 0) is 68.1 Å². The number of carbonyl (C=O) groups is 4. The lowest BCUT2D eigenvalue weighted by Gasteiger charge is -2.41. The summed E-state index contributed by atoms with van der Waals surface area (Å²) in [7, 11) is 3.75. The number of hydrogen-bond acceptors (Lipinski definition) is 9. The van der Waals surface area contributed by atoms with Gasteiger partial charge in [0.1, 0.15) is 28.7 Å². The Labute approximate surface area is 232 Å². The van der Waals surface area contributed by atoms with Crippen molar-refractivity contribution in [2.75, 3.05) is 19.4 Å². The van der Waals surface area contributed by atoms with Gasteiger partial charge in [-0.3, -0.25) is 19.2 Å². The summed E-state index contributed by atoms with van der Waals surface area (Å²) in [4.78, 5) is 53.2. The number of benzene rings is 1. The number of aliphatic hydroxyl groups excluding tert-OH is 2. The van der Waals surface area contributed by atoms with Gasteiger partial charge in [-0.1, -0.05) is 6.07 Å². The standard InChI is InChI=1S/C26H23N3O7.C2H7N.H2O.2H2/c1-10(30)29-18-5-2-11(9-28-18)14-3-4-16(31)21-15(14)7-12-6-13-8-17(32)22(26(27)36)25(35)20(13)23(33)19(12)24(21)34;1-3-2;;;/h2-5,9,12-13,20,31,34-35H,6-8H2,1H3,(H2,27,36)(H,28,29,30);3H,1-2H3;1H2;2*1H. The van der Waals surface area contributed by atoms with Gasteiger partial charge in [0, 0.05) is 33.5 Å². The minimum absolute atomic E-state index is 0. The summed E-state index contributed by atoms with van der Waals surface area (Å²) in [6.07, 6.45) is 2.05. The van der Waals surface area contributed by atoms with Crippen molar-refractivity contribution >= 4 is 35.0 Å². The first kappa shape index (κ1) is 30.0. The van der Waals surface area contributed by atoms with Crippen molar-refractivity contribution < 1.29 is 42.8 Å². The Morgan fingerprint density at radius 3 is 2.33 bits per heavy atom. The number of pyridine rings is 1. The van der Waals surface area contributed by atoms with Crippen LogP contribution in [0.4, 0.5) is 5.82 Å². The van der Waals surface area contributed by atoms with Gasteiger partial charge < -0.3 is 37.2 Å². The molecule has 0 radical (unpaired) electrons. The van der Waals surface area contributed by atoms with E-state index in [2.05, 4.69) is 15.6 Å². The Kier molecular flexibility index (Phi) is 8.76. The molecule has 0 aliphatic heterocycles. The number of aromatic nitrogens is 1. The first-order chi connectivity index (χ1) is 18.5. The maximum atomic E-state index is 13.5. The third-order valence-corrected chi connectivity index (χ3v) is 7.15. The summed E-state index contributed by atoms with van der Waals surface area (Å²) in [5, 5.41) is 37.8. The summed E-state index contributed by atoms with van der Waals surface area (Å²) in [5.74, 6) is -5.60. The third kappa shape index (κ3) is 5.18. The highest BCUT2D eigenvalue weighted by atomic mass is 16.3. The van der Waals surface area contributed by atoms with Gasteiger partial charge >= 0.3 is 0 Å². The molecule has 12 nitrogen and oxygen atoms in total. The summed E-state index contributed by atoms with van der Waals surface area (Å²) in [6.45, 7) is 1.37. The monoisotopic (exact) mass is 556 g/mol. The molecule has 3 atom stereocenters. The fourth-order valence-corrected chi connectivity index (χ4v) is 5.72. The minimum Gasteiger partial charge on any atom is -0.511 e. The molecule has 9 N–H and O–H groups in total. The molecular weight excluding hydrogens is 520 g/mol. The number of anilines is 1. The molecule has 1 fully saturated rings. The van der Waals surface area contributed by atoms with Crippen LogP contribution in [-0.2, 0) is 25.6 Å². The number of phenols is 1. The molecule has 3 aliphatic rings. The molecule has 216 valence electrons. The van der Waals surface area contributed by atoms with Crippen molar-refractivity contribution in [3.63, 3.8) is 0 Å². The van der Waals surface area contributed by atoms with E-state index in [-0.39, 0.29) is 37.5 Å². The number of fused-ring (bicyclic) bond motifs is 3. The Hall–Kier alpha value is -4.55. The second-order valence-electron chi connectivity index (χ2n) is 9.85. The molecule has 1 aromatic heterocycles. The molecule has 1 heterocycles. The van der Waals surface area contributed by atoms with E-state index in [9.17, 15) is 34.5 Å². The van der Waals surface area contributed by atoms with Crippen LogP contribution in [0.25, 0.3) is 16.9 Å². The van der Waals surface area contributed by atoms with Crippen molar-refractivity contribution in [2.45, 2.75) is 26.2 Å². The number of Topliss-reactive ketones (excluding diaryl/α,β-unsaturated/α-hetero) is 2. The lowest BCUT2D eigenvalue weighted by molar-refractivity contribution is -0.127. The van der Waals surface area contributed by atoms with E-state index in [0.717, 1.165) is 0 Å². The molecule has 1 saturated carbocycles. The van der Waals surface area contributed by atoms with Crippen LogP contribution < -0.4 is 16.4 Å². The van der Waals surface area contributed by atoms with Crippen molar-refractivity contribution in [3.05, 3.63) is 58.5 Å². The number of nitrogens with one attached hydrogen (secondary N) is 2. The van der Waals surface area contributed by atoms with Crippen molar-refractivity contribution in [2.24, 2.45) is 23.5 Å². The fourth-order valence-electron chi connectivity index (χ4n) is 5.72. The van der Waals surface area contributed by atoms with Gasteiger partial charge in [-0.15, -0.1) is 0 Å². The van der Waals surface area contributed by atoms with Crippen LogP contribution in [0, 0.1) is 17.8 Å². The fraction of sp³-hybridized carbons (Fsp3) is 0.321. The number of amides is 2. The van der Waals surface area contributed by atoms with Crippen LogP contribution >= 0.6 is 0 Å². The zero-order valence-corrected chi connectivity index (χ0v) is 22.2. The molecule has 0 spiro atoms. The maximum Gasteiger partial charge on any atom is 0.255 e. The van der Waals surface area contributed by atoms with E-state index in [0.29, 0.717) is 35.3 Å². The van der Waals surface area contributed by atoms with Gasteiger partial charge in [0.05, 0.1) is 11.5 Å². The quantitative estimate of drug-likeness (QED) is 0.303. The average molecular weight is 557 g/mol. The highest BCUT2D eigenvalue weighted by molar-refractivity contribution is 6.21. The molecule has 2 aromatic rings. The van der Waals surface area contributed by atoms with Gasteiger partial charge in [-0.2, -0.15) is 0 Å². The number of allylic oxidation sites excluding steroid dienone is 2. The van der Waals surface area contributed by atoms with Crippen LogP contribution in [0.1, 0.15) is 33.7 Å². The average Bonchev–Trinajstić information content (AvgIpc) is 2.84. The number of ketones is 2. The number of aliphatic hydroxyl groups is 2. The topological polar surface area (TPSA) is 223 Å². The highest BCUT2D eigenvalue weighted by Gasteiger charge is 2.51. The molecule has 0 saturated heterocycles. The van der Waals surface area contributed by atoms with Crippen LogP contribution in [0.3, 0.4) is 0 Å². The van der Waals surface area contributed by atoms with Crippen LogP contribution in [0.5, 0.6) is 5.75 Å². The van der Waals surface area contributed by atoms with E-state index in [1.54, 1.807) is 24.4 Å². The van der Waals surface area contributed by atoms with Gasteiger partial charge in [0.15, 0.2) is 11.6 Å². The van der Waals surface area contributed by atoms with Crippen LogP contribution in [0.2, 0.25) is 0 Å². The molecule has 2 amide bonds. The van der Waals surface area contributed by atoms with Crippen molar-refractivity contribution in [1.82, 2.24) is 10.3 Å². The van der Waals surface area contributed by atoms with E-state index in [1.807, 2.05) is 14.1 Å². The normalized spacial score (nSPS) is 21.2. The second-order valence-corrected chi connectivity index (χ2v) is 9.85. The summed E-state index contributed by atoms with van der Waals surface area (Å²) >= 11 is 0. The summed E-state index contributed by atoms with van der Waals surface area (Å²) < 4.78 is 0. The Balaban J connectivity index is 0.00000141. The first-order valence-electron chi connectivity index (χ1n) is 12.4. The molecule has 12 heteroatoms. The molecule has 0 bridgehead atoms. The Morgan fingerprint density at radius 1 is 1.07 bits per heavy atom. The first-order valence-corrected chi connectivity index (χ1v) is 12.4. The van der Waals surface area contributed by atoms with Crippen LogP contribution in [0.15, 0.2) is 47.4 Å². The number of carbonyl (C=O) groups excluding carboxylic acids is 4. The molecule has 3 unspecified atom stereocenters. The van der Waals surface area contributed by atoms with E-state index in [1.165, 1.54) is 13.0 Å². The lowest BCUT2D eigenvalue weighted by atomic mass is 9.61. The van der Waals surface area contributed by atoms with Gasteiger partial charge in [0.2, 0.25) is 5.91 Å². The van der Waals surface area contributed by atoms with E-state index in [4.69, 9.17) is 5.73 Å². The summed E-state index contributed by atoms with van der Waals surface area (Å²) in [6, 6.07) is 6.47. The van der Waals surface area contributed by atoms with E-state index < -0.39 is 52.3 Å². The molecule has 3 aliphatic carbocycles. The number of nitrogens with zero attached hydrogens (tertiary/aromatic N) is 1. The third-order valence-electron chi connectivity index (χ3n) is 7.15. The Morgan fingerprint density at radius 2 is 1.75 bits per heavy atom. The van der Waals surface area contributed by atoms with Gasteiger partial charge in [0.25, 0.3) is 5.91 Å². The molecular formula is C28H36N4O8. The number of aromatic hydroxyl groups is 1. The molecule has 5 rings (SSSR count). The number of phenolic OH excluding ortho intramolecular Hbond substituents is 1. The highest BCUT2D eigenvalue weighted by Crippen LogP contribution is 2.51. The van der Waals surface area contributed by atoms with Crippen LogP contribution in [-0.4, -0.2) is 63.3 Å². The smallest absolute Gasteiger partial charge is 0.255 e. The summed E-state index contributed by atoms with van der Waals surface area (Å²) in [5.41, 5.74) is 6.82. The molecule has 1 aromatic carbocycles. The lowest BCUT2D eigenvalue weighted by Crippen LogP contribution is -2.44. The zero-order chi connectivity index (χ0) is 28.6. The zero-order valence-electron chi connectivity index (χ0n) is 22.2. The Bertz CT molecular complexity index is 1460. The SMILES string of the molecule is CC(=O)Nc1ccc(-c2ccc(O)c3c2CC2CC4CC(=O)C(C(N)=O)=C(O)C4C(=O)C2=C3O)cn1.CNC.O.[HH].[HH]. The number of nitrogens with two attached hydrogens (primary N) is 1. The van der Waals surface area contributed by atoms with E-state index >= 15 is 0 Å². The van der Waals surface area contributed by atoms with Crippen molar-refractivity contribution in [3.8, 4) is 16.9 Å². The minimum atomic E-state index is -1.16. The number of rotatable bonds is 3. The molecule has 40 heavy (non-hydrogen) atoms. The predicted octanol–water partition coefficient (Wildman–Crippen LogP) is 1.83. The maximum absolute atomic E-state index is 13.5. The predicted molar refractivity (Wildman–Crippen MR) is 150 cm³/mol. The largest absolute Gasteiger partial charge is 0.511 e.